The van der Waals surface area contributed by atoms with E-state index >= 15 is 0 Å². The zero-order valence-electron chi connectivity index (χ0n) is 11.1. The van der Waals surface area contributed by atoms with Crippen LogP contribution in [0.15, 0.2) is 45.5 Å². The number of nitrogen functional groups attached to an aromatic ring is 1. The van der Waals surface area contributed by atoms with Crippen LogP contribution in [0.1, 0.15) is 21.7 Å². The van der Waals surface area contributed by atoms with E-state index in [0.717, 1.165) is 11.0 Å². The molecule has 6 heteroatoms. The fraction of sp³-hybridized carbons (Fsp3) is 0.214. The Morgan fingerprint density at radius 2 is 2.00 bits per heavy atom. The Hall–Kier alpha value is -1.63. The molecular weight excluding hydrogens is 322 g/mol. The number of furan rings is 1. The van der Waals surface area contributed by atoms with Crippen LogP contribution in [0, 0.1) is 0 Å². The highest BCUT2D eigenvalue weighted by Gasteiger charge is 2.15. The summed E-state index contributed by atoms with van der Waals surface area (Å²) < 4.78 is 6.40. The van der Waals surface area contributed by atoms with Crippen molar-refractivity contribution < 1.29 is 9.21 Å². The van der Waals surface area contributed by atoms with Crippen molar-refractivity contribution in [2.75, 3.05) is 7.05 Å². The van der Waals surface area contributed by atoms with Gasteiger partial charge < -0.3 is 4.42 Å². The van der Waals surface area contributed by atoms with Gasteiger partial charge in [0.25, 0.3) is 5.91 Å². The predicted octanol–water partition coefficient (Wildman–Crippen LogP) is 2.28. The number of nitrogens with one attached hydrogen (secondary N) is 1. The molecule has 0 aliphatic rings. The van der Waals surface area contributed by atoms with E-state index in [2.05, 4.69) is 38.4 Å². The van der Waals surface area contributed by atoms with E-state index in [1.807, 2.05) is 19.2 Å². The molecule has 106 valence electrons. The third kappa shape index (κ3) is 3.69. The number of benzene rings is 1. The minimum atomic E-state index is -0.342. The molecule has 20 heavy (non-hydrogen) atoms. The van der Waals surface area contributed by atoms with E-state index in [1.165, 1.54) is 11.8 Å². The molecule has 0 fully saturated rings. The monoisotopic (exact) mass is 337 g/mol. The van der Waals surface area contributed by atoms with Crippen LogP contribution in [-0.4, -0.2) is 17.9 Å². The van der Waals surface area contributed by atoms with Crippen molar-refractivity contribution in [3.8, 4) is 0 Å². The summed E-state index contributed by atoms with van der Waals surface area (Å²) in [5.74, 6) is 5.40. The number of nitrogens with two attached hydrogens (primary N) is 1. The molecular formula is C14H16BrN3O2. The van der Waals surface area contributed by atoms with Crippen LogP contribution in [0.3, 0.4) is 0 Å². The summed E-state index contributed by atoms with van der Waals surface area (Å²) in [5, 5.41) is 0. The second kappa shape index (κ2) is 6.69. The van der Waals surface area contributed by atoms with Crippen molar-refractivity contribution >= 4 is 21.8 Å². The van der Waals surface area contributed by atoms with E-state index in [-0.39, 0.29) is 5.91 Å². The number of amides is 1. The second-order valence-corrected chi connectivity index (χ2v) is 5.45. The summed E-state index contributed by atoms with van der Waals surface area (Å²) in [6.07, 6.45) is 1.49. The van der Waals surface area contributed by atoms with Crippen molar-refractivity contribution in [1.82, 2.24) is 10.3 Å². The van der Waals surface area contributed by atoms with Crippen molar-refractivity contribution in [1.29, 1.82) is 0 Å². The molecule has 1 amide bonds. The van der Waals surface area contributed by atoms with Crippen molar-refractivity contribution in [2.45, 2.75) is 13.1 Å². The maximum Gasteiger partial charge on any atom is 0.268 e. The largest absolute Gasteiger partial charge is 0.467 e. The molecule has 0 atom stereocenters. The molecule has 0 radical (unpaired) electrons. The van der Waals surface area contributed by atoms with Gasteiger partial charge in [0.15, 0.2) is 0 Å². The lowest BCUT2D eigenvalue weighted by atomic mass is 10.2. The van der Waals surface area contributed by atoms with Crippen molar-refractivity contribution in [2.24, 2.45) is 5.84 Å². The minimum Gasteiger partial charge on any atom is -0.467 e. The van der Waals surface area contributed by atoms with E-state index in [1.54, 1.807) is 6.07 Å². The van der Waals surface area contributed by atoms with Gasteiger partial charge in [0.1, 0.15) is 5.76 Å². The van der Waals surface area contributed by atoms with Gasteiger partial charge in [-0.25, -0.2) is 5.84 Å². The van der Waals surface area contributed by atoms with E-state index in [4.69, 9.17) is 10.3 Å². The Kier molecular flexibility index (Phi) is 4.94. The predicted molar refractivity (Wildman–Crippen MR) is 79.7 cm³/mol. The number of carbonyl (C=O) groups excluding carboxylic acids is 1. The highest BCUT2D eigenvalue weighted by molar-refractivity contribution is 9.10. The molecule has 5 nitrogen and oxygen atoms in total. The Bertz CT molecular complexity index is 580. The topological polar surface area (TPSA) is 71.5 Å². The maximum absolute atomic E-state index is 11.6. The third-order valence-corrected chi connectivity index (χ3v) is 3.43. The summed E-state index contributed by atoms with van der Waals surface area (Å²) in [7, 11) is 1.97. The van der Waals surface area contributed by atoms with Crippen LogP contribution in [0.4, 0.5) is 0 Å². The molecule has 0 saturated heterocycles. The summed E-state index contributed by atoms with van der Waals surface area (Å²) in [6.45, 7) is 1.30. The molecule has 0 aliphatic heterocycles. The Morgan fingerprint density at radius 3 is 2.65 bits per heavy atom. The molecule has 1 aromatic heterocycles. The molecule has 2 rings (SSSR count). The smallest absolute Gasteiger partial charge is 0.268 e. The fourth-order valence-corrected chi connectivity index (χ4v) is 2.21. The number of hydrogen-bond donors (Lipinski definition) is 2. The van der Waals surface area contributed by atoms with Gasteiger partial charge in [0.05, 0.1) is 18.4 Å². The molecule has 0 saturated carbocycles. The van der Waals surface area contributed by atoms with Gasteiger partial charge in [-0.1, -0.05) is 28.1 Å². The summed E-state index contributed by atoms with van der Waals surface area (Å²) in [6, 6.07) is 9.73. The zero-order chi connectivity index (χ0) is 14.5. The average molecular weight is 338 g/mol. The van der Waals surface area contributed by atoms with Gasteiger partial charge in [-0.3, -0.25) is 15.1 Å². The molecule has 0 bridgehead atoms. The molecule has 1 aromatic carbocycles. The summed E-state index contributed by atoms with van der Waals surface area (Å²) in [4.78, 5) is 13.6. The summed E-state index contributed by atoms with van der Waals surface area (Å²) in [5.41, 5.74) is 3.77. The Balaban J connectivity index is 2.01. The fourth-order valence-electron chi connectivity index (χ4n) is 1.95. The third-order valence-electron chi connectivity index (χ3n) is 2.90. The first-order valence-electron chi connectivity index (χ1n) is 6.10. The lowest BCUT2D eigenvalue weighted by Crippen LogP contribution is -2.31. The SMILES string of the molecule is CN(Cc1ccc(Br)cc1)Cc1occc1C(=O)NN. The molecule has 0 aliphatic carbocycles. The van der Waals surface area contributed by atoms with Crippen molar-refractivity contribution in [3.63, 3.8) is 0 Å². The summed E-state index contributed by atoms with van der Waals surface area (Å²) >= 11 is 3.41. The first kappa shape index (κ1) is 14.8. The number of hydrogen-bond acceptors (Lipinski definition) is 4. The van der Waals surface area contributed by atoms with Gasteiger partial charge in [-0.15, -0.1) is 0 Å². The molecule has 2 aromatic rings. The molecule has 1 heterocycles. The van der Waals surface area contributed by atoms with Crippen LogP contribution < -0.4 is 11.3 Å². The van der Waals surface area contributed by atoms with Crippen LogP contribution in [-0.2, 0) is 13.1 Å². The molecule has 0 spiro atoms. The highest BCUT2D eigenvalue weighted by Crippen LogP contribution is 2.15. The normalized spacial score (nSPS) is 10.8. The molecule has 3 N–H and O–H groups in total. The van der Waals surface area contributed by atoms with E-state index in [9.17, 15) is 4.79 Å². The maximum atomic E-state index is 11.6. The van der Waals surface area contributed by atoms with Gasteiger partial charge in [-0.05, 0) is 30.8 Å². The number of halogens is 1. The minimum absolute atomic E-state index is 0.342. The quantitative estimate of drug-likeness (QED) is 0.498. The van der Waals surface area contributed by atoms with Gasteiger partial charge >= 0.3 is 0 Å². The Labute approximate surface area is 125 Å². The highest BCUT2D eigenvalue weighted by atomic mass is 79.9. The van der Waals surface area contributed by atoms with Crippen LogP contribution in [0.25, 0.3) is 0 Å². The first-order valence-corrected chi connectivity index (χ1v) is 6.89. The first-order chi connectivity index (χ1) is 9.60. The lowest BCUT2D eigenvalue weighted by Gasteiger charge is -2.16. The zero-order valence-corrected chi connectivity index (χ0v) is 12.7. The van der Waals surface area contributed by atoms with Crippen molar-refractivity contribution in [3.05, 3.63) is 58.0 Å². The number of carbonyl (C=O) groups is 1. The van der Waals surface area contributed by atoms with Crippen LogP contribution in [0.5, 0.6) is 0 Å². The average Bonchev–Trinajstić information content (AvgIpc) is 2.88. The second-order valence-electron chi connectivity index (χ2n) is 4.53. The Morgan fingerprint density at radius 1 is 1.30 bits per heavy atom. The van der Waals surface area contributed by atoms with E-state index < -0.39 is 0 Å². The standard InChI is InChI=1S/C14H16BrN3O2/c1-18(8-10-2-4-11(15)5-3-10)9-13-12(6-7-20-13)14(19)17-16/h2-7H,8-9,16H2,1H3,(H,17,19). The number of hydrazine groups is 1. The lowest BCUT2D eigenvalue weighted by molar-refractivity contribution is 0.0950. The van der Waals surface area contributed by atoms with Crippen LogP contribution >= 0.6 is 15.9 Å². The van der Waals surface area contributed by atoms with Gasteiger partial charge in [-0.2, -0.15) is 0 Å². The van der Waals surface area contributed by atoms with Gasteiger partial charge in [0.2, 0.25) is 0 Å². The van der Waals surface area contributed by atoms with Crippen LogP contribution in [0.2, 0.25) is 0 Å². The number of rotatable bonds is 5. The van der Waals surface area contributed by atoms with E-state index in [0.29, 0.717) is 17.9 Å². The molecule has 0 unspecified atom stereocenters. The van der Waals surface area contributed by atoms with Gasteiger partial charge in [0, 0.05) is 11.0 Å². The number of nitrogens with zero attached hydrogens (tertiary/aromatic N) is 1.